The van der Waals surface area contributed by atoms with Crippen molar-refractivity contribution in [2.75, 3.05) is 0 Å². The third-order valence-corrected chi connectivity index (χ3v) is 2.83. The van der Waals surface area contributed by atoms with Gasteiger partial charge in [0.25, 0.3) is 0 Å². The van der Waals surface area contributed by atoms with E-state index in [0.29, 0.717) is 0 Å². The quantitative estimate of drug-likeness (QED) is 0.156. The number of carboxylic acid groups (broad SMARTS) is 2. The number of carboxylic acids is 2. The first-order valence-electron chi connectivity index (χ1n) is 6.64. The number of carbonyl (C=O) groups excluding carboxylic acids is 2. The lowest BCUT2D eigenvalue weighted by Crippen LogP contribution is -2.48. The molecule has 0 rings (SSSR count). The second-order valence-electron chi connectivity index (χ2n) is 4.78. The minimum Gasteiger partial charge on any atom is -0.479 e. The second-order valence-corrected chi connectivity index (χ2v) is 4.78. The lowest BCUT2D eigenvalue weighted by molar-refractivity contribution is -0.164. The molecule has 0 aliphatic carbocycles. The van der Waals surface area contributed by atoms with Gasteiger partial charge in [0.1, 0.15) is 36.6 Å². The molecular weight excluding hydrogens is 368 g/mol. The van der Waals surface area contributed by atoms with Gasteiger partial charge in [0.15, 0.2) is 24.8 Å². The summed E-state index contributed by atoms with van der Waals surface area (Å²) in [6.45, 7) is 0. The van der Waals surface area contributed by atoms with Crippen molar-refractivity contribution in [3.05, 3.63) is 0 Å². The third-order valence-electron chi connectivity index (χ3n) is 2.83. The Kier molecular flexibility index (Phi) is 12.4. The lowest BCUT2D eigenvalue weighted by Gasteiger charge is -2.21. The first-order chi connectivity index (χ1) is 11.8. The molecule has 0 saturated heterocycles. The fourth-order valence-corrected chi connectivity index (χ4v) is 1.23. The molecule has 0 aromatic rings. The van der Waals surface area contributed by atoms with Crippen LogP contribution in [0, 0.1) is 0 Å². The first kappa shape index (κ1) is 26.2. The summed E-state index contributed by atoms with van der Waals surface area (Å²) in [5, 5.41) is 86.4. The molecule has 0 unspecified atom stereocenters. The zero-order chi connectivity index (χ0) is 21.2. The van der Waals surface area contributed by atoms with E-state index in [1.807, 2.05) is 0 Å². The van der Waals surface area contributed by atoms with E-state index in [1.54, 1.807) is 0 Å². The number of rotatable bonds is 10. The maximum Gasteiger partial charge on any atom is 0.335 e. The molecule has 0 heterocycles. The molecule has 152 valence electrons. The summed E-state index contributed by atoms with van der Waals surface area (Å²) in [5.41, 5.74) is 0. The van der Waals surface area contributed by atoms with Gasteiger partial charge in [-0.3, -0.25) is 0 Å². The van der Waals surface area contributed by atoms with Crippen LogP contribution in [-0.2, 0) is 19.2 Å². The summed E-state index contributed by atoms with van der Waals surface area (Å²) in [4.78, 5) is 39.9. The van der Waals surface area contributed by atoms with Crippen molar-refractivity contribution in [3.63, 3.8) is 0 Å². The Bertz CT molecular complexity index is 425. The largest absolute Gasteiger partial charge is 0.479 e. The van der Waals surface area contributed by atoms with Crippen molar-refractivity contribution in [3.8, 4) is 0 Å². The summed E-state index contributed by atoms with van der Waals surface area (Å²) < 4.78 is 0. The number of aliphatic carboxylic acids is 2. The molecule has 14 nitrogen and oxygen atoms in total. The van der Waals surface area contributed by atoms with Gasteiger partial charge in [-0.15, -0.1) is 0 Å². The van der Waals surface area contributed by atoms with E-state index in [2.05, 4.69) is 0 Å². The Balaban J connectivity index is 0. The lowest BCUT2D eigenvalue weighted by atomic mass is 10.0. The molecule has 0 bridgehead atoms. The fraction of sp³-hybridized carbons (Fsp3) is 0.667. The highest BCUT2D eigenvalue weighted by Crippen LogP contribution is 2.04. The Morgan fingerprint density at radius 2 is 0.769 bits per heavy atom. The van der Waals surface area contributed by atoms with Crippen molar-refractivity contribution < 1.29 is 70.2 Å². The standard InChI is InChI=1S/2C6H10O7/c2*7-1-2(8)3(9)4(10)5(11)6(12)13/h2*1-5,8-11H,(H,12,13)/t2*2-,3-,4+,5-/m10/s1. The van der Waals surface area contributed by atoms with Crippen LogP contribution >= 0.6 is 0 Å². The van der Waals surface area contributed by atoms with Gasteiger partial charge in [0, 0.05) is 0 Å². The Labute approximate surface area is 144 Å². The van der Waals surface area contributed by atoms with Gasteiger partial charge in [0.05, 0.1) is 0 Å². The minimum atomic E-state index is -2.25. The summed E-state index contributed by atoms with van der Waals surface area (Å²) >= 11 is 0. The average Bonchev–Trinajstić information content (AvgIpc) is 2.62. The predicted octanol–water partition coefficient (Wildman–Crippen LogP) is -6.57. The number of aliphatic hydroxyl groups excluding tert-OH is 8. The molecule has 0 aromatic heterocycles. The Morgan fingerprint density at radius 3 is 0.923 bits per heavy atom. The van der Waals surface area contributed by atoms with E-state index in [9.17, 15) is 19.2 Å². The summed E-state index contributed by atoms with van der Waals surface area (Å²) in [6, 6.07) is 0. The molecule has 8 atom stereocenters. The van der Waals surface area contributed by atoms with Crippen molar-refractivity contribution in [2.45, 2.75) is 48.8 Å². The third kappa shape index (κ3) is 8.37. The van der Waals surface area contributed by atoms with Crippen molar-refractivity contribution in [2.24, 2.45) is 0 Å². The highest BCUT2D eigenvalue weighted by atomic mass is 16.4. The number of hydrogen-bond acceptors (Lipinski definition) is 12. The van der Waals surface area contributed by atoms with E-state index < -0.39 is 60.8 Å². The van der Waals surface area contributed by atoms with Crippen LogP contribution in [0.25, 0.3) is 0 Å². The van der Waals surface area contributed by atoms with Crippen LogP contribution in [-0.4, -0.2) is 124 Å². The molecule has 0 aromatic carbocycles. The normalized spacial score (nSPS) is 20.0. The first-order valence-corrected chi connectivity index (χ1v) is 6.64. The SMILES string of the molecule is O=C[C@@H](O)[C@@H](O)[C@H](O)[C@@H](O)C(=O)O.O=C[C@H](O)[C@H](O)[C@@H](O)[C@H](O)C(=O)O. The number of carbonyl (C=O) groups is 4. The predicted molar refractivity (Wildman–Crippen MR) is 75.5 cm³/mol. The van der Waals surface area contributed by atoms with E-state index >= 15 is 0 Å². The maximum absolute atomic E-state index is 10.1. The van der Waals surface area contributed by atoms with Crippen LogP contribution in [0.4, 0.5) is 0 Å². The van der Waals surface area contributed by atoms with Crippen LogP contribution in [0.5, 0.6) is 0 Å². The van der Waals surface area contributed by atoms with Gasteiger partial charge in [-0.25, -0.2) is 9.59 Å². The van der Waals surface area contributed by atoms with Crippen LogP contribution in [0.15, 0.2) is 0 Å². The molecule has 10 N–H and O–H groups in total. The second kappa shape index (κ2) is 12.3. The zero-order valence-corrected chi connectivity index (χ0v) is 12.9. The highest BCUT2D eigenvalue weighted by molar-refractivity contribution is 5.73. The van der Waals surface area contributed by atoms with Gasteiger partial charge in [-0.2, -0.15) is 0 Å². The molecule has 0 fully saturated rings. The zero-order valence-electron chi connectivity index (χ0n) is 12.9. The van der Waals surface area contributed by atoms with Crippen LogP contribution in [0.1, 0.15) is 0 Å². The van der Waals surface area contributed by atoms with Gasteiger partial charge >= 0.3 is 11.9 Å². The van der Waals surface area contributed by atoms with E-state index in [-0.39, 0.29) is 12.6 Å². The van der Waals surface area contributed by atoms with Crippen LogP contribution < -0.4 is 0 Å². The topological polar surface area (TPSA) is 271 Å². The summed E-state index contributed by atoms with van der Waals surface area (Å²) in [6.07, 6.45) is -16.8. The smallest absolute Gasteiger partial charge is 0.335 e. The van der Waals surface area contributed by atoms with Gasteiger partial charge in [-0.1, -0.05) is 0 Å². The number of aldehydes is 2. The van der Waals surface area contributed by atoms with E-state index in [1.165, 1.54) is 0 Å². The monoisotopic (exact) mass is 388 g/mol. The molecular formula is C12H20O14. The highest BCUT2D eigenvalue weighted by Gasteiger charge is 2.34. The van der Waals surface area contributed by atoms with Crippen molar-refractivity contribution in [1.82, 2.24) is 0 Å². The average molecular weight is 388 g/mol. The molecule has 0 amide bonds. The van der Waals surface area contributed by atoms with Crippen LogP contribution in [0.3, 0.4) is 0 Å². The molecule has 26 heavy (non-hydrogen) atoms. The maximum atomic E-state index is 10.1. The number of hydrogen-bond donors (Lipinski definition) is 10. The van der Waals surface area contributed by atoms with E-state index in [4.69, 9.17) is 51.1 Å². The molecule has 0 aliphatic heterocycles. The number of aliphatic hydroxyl groups is 8. The molecule has 0 radical (unpaired) electrons. The van der Waals surface area contributed by atoms with Crippen LogP contribution in [0.2, 0.25) is 0 Å². The summed E-state index contributed by atoms with van der Waals surface area (Å²) in [7, 11) is 0. The van der Waals surface area contributed by atoms with Crippen molar-refractivity contribution in [1.29, 1.82) is 0 Å². The molecule has 0 aliphatic rings. The molecule has 14 heteroatoms. The van der Waals surface area contributed by atoms with Crippen molar-refractivity contribution >= 4 is 24.5 Å². The van der Waals surface area contributed by atoms with Gasteiger partial charge < -0.3 is 60.7 Å². The van der Waals surface area contributed by atoms with E-state index in [0.717, 1.165) is 0 Å². The summed E-state index contributed by atoms with van der Waals surface area (Å²) in [5.74, 6) is -3.52. The minimum absolute atomic E-state index is 0.0809. The molecule has 0 spiro atoms. The Morgan fingerprint density at radius 1 is 0.538 bits per heavy atom. The van der Waals surface area contributed by atoms with Gasteiger partial charge in [0.2, 0.25) is 0 Å². The Hall–Kier alpha value is -2.04. The van der Waals surface area contributed by atoms with Gasteiger partial charge in [-0.05, 0) is 0 Å². The molecule has 0 saturated carbocycles. The fourth-order valence-electron chi connectivity index (χ4n) is 1.23.